The number of benzene rings is 2. The predicted octanol–water partition coefficient (Wildman–Crippen LogP) is 4.11. The number of carbonyl (C=O) groups is 1. The number of esters is 1. The molecule has 0 aromatic heterocycles. The third-order valence-electron chi connectivity index (χ3n) is 3.16. The number of aryl methyl sites for hydroxylation is 1. The fourth-order valence-electron chi connectivity index (χ4n) is 2.01. The van der Waals surface area contributed by atoms with Crippen LogP contribution >= 0.6 is 11.6 Å². The van der Waals surface area contributed by atoms with E-state index >= 15 is 0 Å². The van der Waals surface area contributed by atoms with Gasteiger partial charge in [-0.15, -0.1) is 0 Å². The maximum absolute atomic E-state index is 14.1. The summed E-state index contributed by atoms with van der Waals surface area (Å²) in [6, 6.07) is 10.7. The molecular formula is C16H15ClFNO2. The number of para-hydroxylation sites is 1. The SMILES string of the molecule is COC(=O)C(Nc1ccccc1C)c1ccc(Cl)cc1F. The van der Waals surface area contributed by atoms with Gasteiger partial charge in [-0.2, -0.15) is 0 Å². The van der Waals surface area contributed by atoms with E-state index in [1.165, 1.54) is 25.3 Å². The highest BCUT2D eigenvalue weighted by molar-refractivity contribution is 6.30. The molecule has 3 nitrogen and oxygen atoms in total. The molecule has 0 aliphatic rings. The molecule has 0 bridgehead atoms. The van der Waals surface area contributed by atoms with Gasteiger partial charge in [0.1, 0.15) is 5.82 Å². The third-order valence-corrected chi connectivity index (χ3v) is 3.39. The summed E-state index contributed by atoms with van der Waals surface area (Å²) in [5, 5.41) is 3.29. The van der Waals surface area contributed by atoms with Crippen LogP contribution in [0.2, 0.25) is 5.02 Å². The minimum Gasteiger partial charge on any atom is -0.467 e. The molecule has 1 atom stereocenters. The van der Waals surface area contributed by atoms with Crippen molar-refractivity contribution in [3.8, 4) is 0 Å². The van der Waals surface area contributed by atoms with E-state index in [0.29, 0.717) is 0 Å². The number of hydrogen-bond donors (Lipinski definition) is 1. The molecular weight excluding hydrogens is 293 g/mol. The topological polar surface area (TPSA) is 38.3 Å². The Hall–Kier alpha value is -2.07. The van der Waals surface area contributed by atoms with Gasteiger partial charge in [-0.05, 0) is 30.7 Å². The van der Waals surface area contributed by atoms with Crippen LogP contribution in [0.3, 0.4) is 0 Å². The first kappa shape index (κ1) is 15.3. The van der Waals surface area contributed by atoms with Crippen molar-refractivity contribution in [1.29, 1.82) is 0 Å². The molecule has 110 valence electrons. The van der Waals surface area contributed by atoms with Crippen LogP contribution < -0.4 is 5.32 Å². The van der Waals surface area contributed by atoms with E-state index in [4.69, 9.17) is 16.3 Å². The number of carbonyl (C=O) groups excluding carboxylic acids is 1. The van der Waals surface area contributed by atoms with Crippen molar-refractivity contribution < 1.29 is 13.9 Å². The zero-order valence-corrected chi connectivity index (χ0v) is 12.4. The molecule has 2 aromatic rings. The number of anilines is 1. The van der Waals surface area contributed by atoms with Crippen LogP contribution in [0.5, 0.6) is 0 Å². The van der Waals surface area contributed by atoms with Gasteiger partial charge in [0.05, 0.1) is 7.11 Å². The Morgan fingerprint density at radius 3 is 2.62 bits per heavy atom. The lowest BCUT2D eigenvalue weighted by Gasteiger charge is -2.20. The van der Waals surface area contributed by atoms with Crippen LogP contribution in [0.4, 0.5) is 10.1 Å². The molecule has 5 heteroatoms. The maximum atomic E-state index is 14.1. The second kappa shape index (κ2) is 6.59. The summed E-state index contributed by atoms with van der Waals surface area (Å²) in [4.78, 5) is 12.0. The molecule has 0 fully saturated rings. The van der Waals surface area contributed by atoms with Gasteiger partial charge in [-0.1, -0.05) is 35.9 Å². The monoisotopic (exact) mass is 307 g/mol. The Bertz CT molecular complexity index is 660. The van der Waals surface area contributed by atoms with Crippen LogP contribution in [0.1, 0.15) is 17.2 Å². The quantitative estimate of drug-likeness (QED) is 0.864. The molecule has 1 unspecified atom stereocenters. The number of halogens is 2. The van der Waals surface area contributed by atoms with Crippen LogP contribution in [0.25, 0.3) is 0 Å². The summed E-state index contributed by atoms with van der Waals surface area (Å²) in [7, 11) is 1.27. The third kappa shape index (κ3) is 3.52. The van der Waals surface area contributed by atoms with Gasteiger partial charge in [0.25, 0.3) is 0 Å². The average molecular weight is 308 g/mol. The van der Waals surface area contributed by atoms with Gasteiger partial charge in [-0.3, -0.25) is 0 Å². The van der Waals surface area contributed by atoms with Crippen molar-refractivity contribution in [2.45, 2.75) is 13.0 Å². The molecule has 2 aromatic carbocycles. The Morgan fingerprint density at radius 1 is 1.29 bits per heavy atom. The Labute approximate surface area is 127 Å². The van der Waals surface area contributed by atoms with Gasteiger partial charge in [0, 0.05) is 16.3 Å². The van der Waals surface area contributed by atoms with E-state index in [1.807, 2.05) is 31.2 Å². The van der Waals surface area contributed by atoms with Crippen molar-refractivity contribution in [2.75, 3.05) is 12.4 Å². The second-order valence-electron chi connectivity index (χ2n) is 4.58. The van der Waals surface area contributed by atoms with Crippen molar-refractivity contribution >= 4 is 23.3 Å². The molecule has 0 spiro atoms. The molecule has 21 heavy (non-hydrogen) atoms. The molecule has 0 aliphatic carbocycles. The normalized spacial score (nSPS) is 11.8. The van der Waals surface area contributed by atoms with Gasteiger partial charge >= 0.3 is 5.97 Å². The van der Waals surface area contributed by atoms with Crippen molar-refractivity contribution in [3.05, 3.63) is 64.4 Å². The lowest BCUT2D eigenvalue weighted by atomic mass is 10.0. The number of methoxy groups -OCH3 is 1. The first-order valence-electron chi connectivity index (χ1n) is 6.38. The van der Waals surface area contributed by atoms with Gasteiger partial charge < -0.3 is 10.1 Å². The van der Waals surface area contributed by atoms with Crippen molar-refractivity contribution in [2.24, 2.45) is 0 Å². The average Bonchev–Trinajstić information content (AvgIpc) is 2.46. The van der Waals surface area contributed by atoms with E-state index in [1.54, 1.807) is 0 Å². The summed E-state index contributed by atoms with van der Waals surface area (Å²) in [6.45, 7) is 1.90. The zero-order valence-electron chi connectivity index (χ0n) is 11.7. The summed E-state index contributed by atoms with van der Waals surface area (Å²) in [5.74, 6) is -1.13. The van der Waals surface area contributed by atoms with Crippen LogP contribution in [0, 0.1) is 12.7 Å². The molecule has 1 N–H and O–H groups in total. The van der Waals surface area contributed by atoms with E-state index in [2.05, 4.69) is 5.32 Å². The van der Waals surface area contributed by atoms with E-state index in [-0.39, 0.29) is 10.6 Å². The molecule has 0 saturated heterocycles. The highest BCUT2D eigenvalue weighted by Gasteiger charge is 2.25. The van der Waals surface area contributed by atoms with Gasteiger partial charge in [-0.25, -0.2) is 9.18 Å². The van der Waals surface area contributed by atoms with Crippen LogP contribution in [-0.2, 0) is 9.53 Å². The minimum atomic E-state index is -0.937. The first-order chi connectivity index (χ1) is 10.0. The van der Waals surface area contributed by atoms with Gasteiger partial charge in [0.2, 0.25) is 0 Å². The molecule has 0 saturated carbocycles. The predicted molar refractivity (Wildman–Crippen MR) is 81.0 cm³/mol. The molecule has 0 amide bonds. The highest BCUT2D eigenvalue weighted by Crippen LogP contribution is 2.26. The second-order valence-corrected chi connectivity index (χ2v) is 5.02. The maximum Gasteiger partial charge on any atom is 0.333 e. The van der Waals surface area contributed by atoms with Crippen molar-refractivity contribution in [1.82, 2.24) is 0 Å². The van der Waals surface area contributed by atoms with Gasteiger partial charge in [0.15, 0.2) is 6.04 Å². The molecule has 0 heterocycles. The summed E-state index contributed by atoms with van der Waals surface area (Å²) >= 11 is 5.74. The minimum absolute atomic E-state index is 0.189. The van der Waals surface area contributed by atoms with Crippen LogP contribution in [-0.4, -0.2) is 13.1 Å². The fraction of sp³-hybridized carbons (Fsp3) is 0.188. The summed E-state index contributed by atoms with van der Waals surface area (Å²) in [6.07, 6.45) is 0. The summed E-state index contributed by atoms with van der Waals surface area (Å²) in [5.41, 5.74) is 1.87. The lowest BCUT2D eigenvalue weighted by molar-refractivity contribution is -0.141. The zero-order chi connectivity index (χ0) is 15.4. The lowest BCUT2D eigenvalue weighted by Crippen LogP contribution is -2.23. The molecule has 0 radical (unpaired) electrons. The number of ether oxygens (including phenoxy) is 1. The van der Waals surface area contributed by atoms with E-state index in [9.17, 15) is 9.18 Å². The van der Waals surface area contributed by atoms with Crippen molar-refractivity contribution in [3.63, 3.8) is 0 Å². The number of nitrogens with one attached hydrogen (secondary N) is 1. The Morgan fingerprint density at radius 2 is 2.00 bits per heavy atom. The Kier molecular flexibility index (Phi) is 4.81. The molecule has 0 aliphatic heterocycles. The van der Waals surface area contributed by atoms with E-state index in [0.717, 1.165) is 11.3 Å². The Balaban J connectivity index is 2.40. The largest absolute Gasteiger partial charge is 0.467 e. The number of hydrogen-bond acceptors (Lipinski definition) is 3. The van der Waals surface area contributed by atoms with E-state index < -0.39 is 17.8 Å². The molecule has 2 rings (SSSR count). The highest BCUT2D eigenvalue weighted by atomic mass is 35.5. The van der Waals surface area contributed by atoms with Crippen LogP contribution in [0.15, 0.2) is 42.5 Å². The standard InChI is InChI=1S/C16H15ClFNO2/c1-10-5-3-4-6-14(10)19-15(16(20)21-2)12-8-7-11(17)9-13(12)18/h3-9,15,19H,1-2H3. The first-order valence-corrected chi connectivity index (χ1v) is 6.75. The number of rotatable bonds is 4. The summed E-state index contributed by atoms with van der Waals surface area (Å²) < 4.78 is 18.8. The fourth-order valence-corrected chi connectivity index (χ4v) is 2.17. The smallest absolute Gasteiger partial charge is 0.333 e.